The number of carbonyl (C=O) groups is 1. The van der Waals surface area contributed by atoms with Gasteiger partial charge in [-0.15, -0.1) is 22.9 Å². The Balaban J connectivity index is 2.74. The van der Waals surface area contributed by atoms with Crippen molar-refractivity contribution in [1.29, 1.82) is 0 Å². The lowest BCUT2D eigenvalue weighted by Crippen LogP contribution is -2.37. The Hall–Kier alpha value is -0.610. The summed E-state index contributed by atoms with van der Waals surface area (Å²) in [5.74, 6) is 0.478. The molecule has 0 unspecified atom stereocenters. The highest BCUT2D eigenvalue weighted by Crippen LogP contribution is 2.12. The minimum absolute atomic E-state index is 0.0168. The van der Waals surface area contributed by atoms with E-state index in [1.54, 1.807) is 16.6 Å². The van der Waals surface area contributed by atoms with Gasteiger partial charge in [0.15, 0.2) is 0 Å². The topological polar surface area (TPSA) is 33.2 Å². The van der Waals surface area contributed by atoms with Crippen molar-refractivity contribution in [1.82, 2.24) is 9.88 Å². The van der Waals surface area contributed by atoms with Gasteiger partial charge >= 0.3 is 0 Å². The Labute approximate surface area is 92.7 Å². The predicted octanol–water partition coefficient (Wildman–Crippen LogP) is 2.23. The van der Waals surface area contributed by atoms with Crippen LogP contribution in [0.25, 0.3) is 0 Å². The summed E-state index contributed by atoms with van der Waals surface area (Å²) in [4.78, 5) is 18.2. The molecule has 0 radical (unpaired) electrons. The molecule has 0 N–H and O–H groups in total. The van der Waals surface area contributed by atoms with Gasteiger partial charge < -0.3 is 4.90 Å². The van der Waals surface area contributed by atoms with Crippen molar-refractivity contribution in [2.45, 2.75) is 19.9 Å². The number of rotatable bonds is 4. The van der Waals surface area contributed by atoms with E-state index < -0.39 is 0 Å². The molecule has 1 aromatic rings. The highest BCUT2D eigenvalue weighted by atomic mass is 35.5. The Morgan fingerprint density at radius 2 is 2.43 bits per heavy atom. The molecule has 5 heteroatoms. The number of thiazole rings is 1. The molecule has 0 bridgehead atoms. The van der Waals surface area contributed by atoms with Gasteiger partial charge in [0.25, 0.3) is 5.91 Å². The van der Waals surface area contributed by atoms with E-state index in [2.05, 4.69) is 4.98 Å². The van der Waals surface area contributed by atoms with Crippen LogP contribution in [0.2, 0.25) is 0 Å². The van der Waals surface area contributed by atoms with Gasteiger partial charge in [0.1, 0.15) is 4.88 Å². The van der Waals surface area contributed by atoms with Gasteiger partial charge in [0.05, 0.1) is 11.7 Å². The maximum absolute atomic E-state index is 11.9. The summed E-state index contributed by atoms with van der Waals surface area (Å²) in [6.45, 7) is 4.53. The molecular formula is C9H13ClN2OS. The van der Waals surface area contributed by atoms with Gasteiger partial charge in [-0.3, -0.25) is 9.78 Å². The van der Waals surface area contributed by atoms with E-state index in [9.17, 15) is 4.79 Å². The van der Waals surface area contributed by atoms with Crippen LogP contribution in [0, 0.1) is 0 Å². The average Bonchev–Trinajstić information content (AvgIpc) is 2.65. The lowest BCUT2D eigenvalue weighted by atomic mass is 10.3. The first-order valence-corrected chi connectivity index (χ1v) is 5.83. The number of alkyl halides is 1. The quantitative estimate of drug-likeness (QED) is 0.746. The predicted molar refractivity (Wildman–Crippen MR) is 59.0 cm³/mol. The van der Waals surface area contributed by atoms with Crippen molar-refractivity contribution in [2.24, 2.45) is 0 Å². The molecule has 0 spiro atoms. The molecule has 0 saturated heterocycles. The summed E-state index contributed by atoms with van der Waals surface area (Å²) >= 11 is 7.00. The molecule has 0 aromatic carbocycles. The Bertz CT molecular complexity index is 287. The van der Waals surface area contributed by atoms with Crippen molar-refractivity contribution in [3.63, 3.8) is 0 Å². The third-order valence-electron chi connectivity index (χ3n) is 1.85. The Morgan fingerprint density at radius 1 is 1.71 bits per heavy atom. The molecule has 0 atom stereocenters. The van der Waals surface area contributed by atoms with E-state index >= 15 is 0 Å². The Morgan fingerprint density at radius 3 is 2.86 bits per heavy atom. The number of aromatic nitrogens is 1. The van der Waals surface area contributed by atoms with Gasteiger partial charge in [0.2, 0.25) is 0 Å². The maximum Gasteiger partial charge on any atom is 0.265 e. The summed E-state index contributed by atoms with van der Waals surface area (Å²) in [6.07, 6.45) is 1.59. The molecule has 0 fully saturated rings. The van der Waals surface area contributed by atoms with Crippen LogP contribution < -0.4 is 0 Å². The first kappa shape index (κ1) is 11.5. The number of hydrogen-bond acceptors (Lipinski definition) is 3. The van der Waals surface area contributed by atoms with Gasteiger partial charge in [-0.1, -0.05) is 0 Å². The van der Waals surface area contributed by atoms with Crippen LogP contribution in [-0.2, 0) is 0 Å². The van der Waals surface area contributed by atoms with E-state index in [1.807, 2.05) is 13.8 Å². The van der Waals surface area contributed by atoms with Crippen LogP contribution >= 0.6 is 22.9 Å². The first-order chi connectivity index (χ1) is 6.66. The van der Waals surface area contributed by atoms with Crippen LogP contribution in [-0.4, -0.2) is 34.3 Å². The second-order valence-electron chi connectivity index (χ2n) is 3.15. The second kappa shape index (κ2) is 5.32. The monoisotopic (exact) mass is 232 g/mol. The molecule has 0 aliphatic carbocycles. The molecule has 1 heterocycles. The fourth-order valence-corrected chi connectivity index (χ4v) is 1.91. The van der Waals surface area contributed by atoms with Crippen LogP contribution in [0.5, 0.6) is 0 Å². The molecule has 1 rings (SSSR count). The summed E-state index contributed by atoms with van der Waals surface area (Å²) in [7, 11) is 0. The first-order valence-electron chi connectivity index (χ1n) is 4.42. The maximum atomic E-state index is 11.9. The highest BCUT2D eigenvalue weighted by Gasteiger charge is 2.18. The van der Waals surface area contributed by atoms with Crippen LogP contribution in [0.3, 0.4) is 0 Å². The molecule has 3 nitrogen and oxygen atoms in total. The molecule has 78 valence electrons. The smallest absolute Gasteiger partial charge is 0.265 e. The van der Waals surface area contributed by atoms with E-state index in [1.165, 1.54) is 11.3 Å². The standard InChI is InChI=1S/C9H13ClN2OS/c1-7(2)12(4-3-10)9(13)8-5-11-6-14-8/h5-7H,3-4H2,1-2H3. The van der Waals surface area contributed by atoms with Crippen molar-refractivity contribution in [3.8, 4) is 0 Å². The van der Waals surface area contributed by atoms with E-state index in [4.69, 9.17) is 11.6 Å². The molecular weight excluding hydrogens is 220 g/mol. The summed E-state index contributed by atoms with van der Waals surface area (Å²) in [6, 6.07) is 0.170. The third-order valence-corrected chi connectivity index (χ3v) is 2.78. The zero-order valence-corrected chi connectivity index (χ0v) is 9.81. The zero-order chi connectivity index (χ0) is 10.6. The van der Waals surface area contributed by atoms with Crippen molar-refractivity contribution in [2.75, 3.05) is 12.4 Å². The van der Waals surface area contributed by atoms with Crippen molar-refractivity contribution in [3.05, 3.63) is 16.6 Å². The van der Waals surface area contributed by atoms with E-state index in [0.717, 1.165) is 0 Å². The van der Waals surface area contributed by atoms with Gasteiger partial charge in [-0.05, 0) is 13.8 Å². The third kappa shape index (κ3) is 2.69. The SMILES string of the molecule is CC(C)N(CCCl)C(=O)c1cncs1. The fourth-order valence-electron chi connectivity index (χ4n) is 1.15. The molecule has 0 saturated carbocycles. The highest BCUT2D eigenvalue weighted by molar-refractivity contribution is 7.11. The van der Waals surface area contributed by atoms with Crippen molar-refractivity contribution < 1.29 is 4.79 Å². The lowest BCUT2D eigenvalue weighted by molar-refractivity contribution is 0.0723. The van der Waals surface area contributed by atoms with Crippen LogP contribution in [0.4, 0.5) is 0 Å². The zero-order valence-electron chi connectivity index (χ0n) is 8.24. The Kier molecular flexibility index (Phi) is 4.35. The molecule has 0 aliphatic heterocycles. The fraction of sp³-hybridized carbons (Fsp3) is 0.556. The summed E-state index contributed by atoms with van der Waals surface area (Å²) in [5, 5.41) is 0. The molecule has 1 amide bonds. The average molecular weight is 233 g/mol. The minimum Gasteiger partial charge on any atom is -0.334 e. The minimum atomic E-state index is 0.0168. The normalized spacial score (nSPS) is 10.6. The van der Waals surface area contributed by atoms with Gasteiger partial charge in [-0.2, -0.15) is 0 Å². The second-order valence-corrected chi connectivity index (χ2v) is 4.41. The molecule has 0 aliphatic rings. The van der Waals surface area contributed by atoms with E-state index in [0.29, 0.717) is 17.3 Å². The number of hydrogen-bond donors (Lipinski definition) is 0. The lowest BCUT2D eigenvalue weighted by Gasteiger charge is -2.24. The largest absolute Gasteiger partial charge is 0.334 e. The van der Waals surface area contributed by atoms with E-state index in [-0.39, 0.29) is 11.9 Å². The van der Waals surface area contributed by atoms with Crippen molar-refractivity contribution >= 4 is 28.8 Å². The molecule has 1 aromatic heterocycles. The number of nitrogens with zero attached hydrogens (tertiary/aromatic N) is 2. The number of amides is 1. The van der Waals surface area contributed by atoms with Crippen LogP contribution in [0.15, 0.2) is 11.7 Å². The summed E-state index contributed by atoms with van der Waals surface area (Å²) < 4.78 is 0. The van der Waals surface area contributed by atoms with Gasteiger partial charge in [0, 0.05) is 18.5 Å². The molecule has 14 heavy (non-hydrogen) atoms. The number of halogens is 1. The number of carbonyl (C=O) groups excluding carboxylic acids is 1. The van der Waals surface area contributed by atoms with Crippen LogP contribution in [0.1, 0.15) is 23.5 Å². The summed E-state index contributed by atoms with van der Waals surface area (Å²) in [5.41, 5.74) is 1.66. The van der Waals surface area contributed by atoms with Gasteiger partial charge in [-0.25, -0.2) is 0 Å².